The van der Waals surface area contributed by atoms with Crippen LogP contribution in [0.4, 0.5) is 5.69 Å². The van der Waals surface area contributed by atoms with Gasteiger partial charge in [0.1, 0.15) is 0 Å². The third-order valence-corrected chi connectivity index (χ3v) is 3.69. The first-order valence-electron chi connectivity index (χ1n) is 7.64. The van der Waals surface area contributed by atoms with E-state index >= 15 is 0 Å². The van der Waals surface area contributed by atoms with E-state index in [1.165, 1.54) is 0 Å². The lowest BCUT2D eigenvalue weighted by Crippen LogP contribution is -2.36. The third kappa shape index (κ3) is 4.51. The van der Waals surface area contributed by atoms with Gasteiger partial charge in [0.05, 0.1) is 26.9 Å². The van der Waals surface area contributed by atoms with Crippen molar-refractivity contribution in [2.24, 2.45) is 0 Å². The molecule has 1 heterocycles. The van der Waals surface area contributed by atoms with Gasteiger partial charge in [-0.3, -0.25) is 4.90 Å². The van der Waals surface area contributed by atoms with Crippen molar-refractivity contribution in [2.45, 2.75) is 19.8 Å². The van der Waals surface area contributed by atoms with E-state index in [1.54, 1.807) is 7.11 Å². The molecule has 5 heteroatoms. The van der Waals surface area contributed by atoms with Gasteiger partial charge in [-0.25, -0.2) is 0 Å². The summed E-state index contributed by atoms with van der Waals surface area (Å²) in [6.45, 7) is 7.42. The Morgan fingerprint density at radius 1 is 1.29 bits per heavy atom. The summed E-state index contributed by atoms with van der Waals surface area (Å²) < 4.78 is 16.5. The van der Waals surface area contributed by atoms with Crippen LogP contribution in [0, 0.1) is 0 Å². The molecule has 5 nitrogen and oxygen atoms in total. The summed E-state index contributed by atoms with van der Waals surface area (Å²) in [5.41, 5.74) is 7.80. The summed E-state index contributed by atoms with van der Waals surface area (Å²) in [5.74, 6) is 1.55. The second-order valence-corrected chi connectivity index (χ2v) is 5.20. The highest BCUT2D eigenvalue weighted by Gasteiger charge is 2.14. The average molecular weight is 294 g/mol. The van der Waals surface area contributed by atoms with Gasteiger partial charge in [0.2, 0.25) is 0 Å². The van der Waals surface area contributed by atoms with Crippen LogP contribution in [-0.4, -0.2) is 51.5 Å². The van der Waals surface area contributed by atoms with Crippen LogP contribution in [0.1, 0.15) is 18.9 Å². The second-order valence-electron chi connectivity index (χ2n) is 5.20. The van der Waals surface area contributed by atoms with Gasteiger partial charge in [0, 0.05) is 30.4 Å². The molecule has 1 fully saturated rings. The highest BCUT2D eigenvalue weighted by atomic mass is 16.5. The zero-order valence-electron chi connectivity index (χ0n) is 13.1. The Hall–Kier alpha value is -1.46. The first-order chi connectivity index (χ1) is 10.2. The summed E-state index contributed by atoms with van der Waals surface area (Å²) in [6, 6.07) is 3.81. The van der Waals surface area contributed by atoms with E-state index in [4.69, 9.17) is 19.9 Å². The highest BCUT2D eigenvalue weighted by Crippen LogP contribution is 2.34. The zero-order valence-corrected chi connectivity index (χ0v) is 13.1. The van der Waals surface area contributed by atoms with Crippen molar-refractivity contribution in [2.75, 3.05) is 52.3 Å². The molecule has 0 unspecified atom stereocenters. The smallest absolute Gasteiger partial charge is 0.164 e. The van der Waals surface area contributed by atoms with Crippen molar-refractivity contribution in [3.63, 3.8) is 0 Å². The lowest BCUT2D eigenvalue weighted by atomic mass is 10.1. The molecule has 0 bridgehead atoms. The number of aryl methyl sites for hydroxylation is 1. The maximum atomic E-state index is 5.95. The van der Waals surface area contributed by atoms with E-state index in [0.29, 0.717) is 6.61 Å². The topological polar surface area (TPSA) is 57.0 Å². The Kier molecular flexibility index (Phi) is 6.14. The predicted octanol–water partition coefficient (Wildman–Crippen LogP) is 1.94. The molecule has 21 heavy (non-hydrogen) atoms. The van der Waals surface area contributed by atoms with Crippen molar-refractivity contribution in [1.82, 2.24) is 4.90 Å². The zero-order chi connectivity index (χ0) is 15.1. The van der Waals surface area contributed by atoms with Crippen molar-refractivity contribution in [3.05, 3.63) is 17.7 Å². The number of anilines is 1. The summed E-state index contributed by atoms with van der Waals surface area (Å²) in [4.78, 5) is 2.44. The Balaban J connectivity index is 1.98. The van der Waals surface area contributed by atoms with E-state index in [1.807, 2.05) is 19.1 Å². The minimum atomic E-state index is 0.622. The molecule has 1 aromatic carbocycles. The molecule has 1 saturated heterocycles. The normalized spacial score (nSPS) is 15.9. The van der Waals surface area contributed by atoms with E-state index in [2.05, 4.69) is 4.90 Å². The van der Waals surface area contributed by atoms with Crippen LogP contribution >= 0.6 is 0 Å². The van der Waals surface area contributed by atoms with Crippen molar-refractivity contribution >= 4 is 5.69 Å². The molecule has 1 aromatic rings. The molecular weight excluding hydrogens is 268 g/mol. The fraction of sp³-hybridized carbons (Fsp3) is 0.625. The minimum Gasteiger partial charge on any atom is -0.493 e. The molecule has 0 aromatic heterocycles. The molecule has 0 aliphatic carbocycles. The van der Waals surface area contributed by atoms with Crippen molar-refractivity contribution in [1.29, 1.82) is 0 Å². The summed E-state index contributed by atoms with van der Waals surface area (Å²) in [7, 11) is 1.65. The van der Waals surface area contributed by atoms with Gasteiger partial charge < -0.3 is 19.9 Å². The Morgan fingerprint density at radius 2 is 2.05 bits per heavy atom. The number of morpholine rings is 1. The monoisotopic (exact) mass is 294 g/mol. The third-order valence-electron chi connectivity index (χ3n) is 3.69. The van der Waals surface area contributed by atoms with Gasteiger partial charge in [-0.1, -0.05) is 0 Å². The van der Waals surface area contributed by atoms with Gasteiger partial charge >= 0.3 is 0 Å². The maximum Gasteiger partial charge on any atom is 0.164 e. The Labute approximate surface area is 127 Å². The van der Waals surface area contributed by atoms with Gasteiger partial charge in [0.15, 0.2) is 11.5 Å². The molecule has 2 rings (SSSR count). The van der Waals surface area contributed by atoms with Crippen LogP contribution < -0.4 is 15.2 Å². The molecule has 0 spiro atoms. The van der Waals surface area contributed by atoms with Gasteiger partial charge in [-0.05, 0) is 32.4 Å². The largest absolute Gasteiger partial charge is 0.493 e. The number of nitrogens with zero attached hydrogens (tertiary/aromatic N) is 1. The average Bonchev–Trinajstić information content (AvgIpc) is 2.50. The van der Waals surface area contributed by atoms with E-state index in [0.717, 1.165) is 68.4 Å². The van der Waals surface area contributed by atoms with Crippen LogP contribution in [0.2, 0.25) is 0 Å². The number of ether oxygens (including phenoxy) is 3. The number of benzene rings is 1. The standard InChI is InChI=1S/C16H26N2O3/c1-3-21-16-13(11-14(17)12-15(16)19-2)5-4-6-18-7-9-20-10-8-18/h11-12H,3-10,17H2,1-2H3. The molecule has 0 radical (unpaired) electrons. The molecular formula is C16H26N2O3. The summed E-state index contributed by atoms with van der Waals surface area (Å²) in [5, 5.41) is 0. The molecule has 118 valence electrons. The Bertz CT molecular complexity index is 445. The predicted molar refractivity (Wildman–Crippen MR) is 84.2 cm³/mol. The molecule has 1 aliphatic rings. The van der Waals surface area contributed by atoms with Crippen molar-refractivity contribution < 1.29 is 14.2 Å². The number of hydrogen-bond acceptors (Lipinski definition) is 5. The lowest BCUT2D eigenvalue weighted by Gasteiger charge is -2.26. The molecule has 0 amide bonds. The summed E-state index contributed by atoms with van der Waals surface area (Å²) in [6.07, 6.45) is 2.01. The first-order valence-corrected chi connectivity index (χ1v) is 7.64. The molecule has 0 saturated carbocycles. The fourth-order valence-electron chi connectivity index (χ4n) is 2.65. The first kappa shape index (κ1) is 15.9. The second kappa shape index (κ2) is 8.10. The highest BCUT2D eigenvalue weighted by molar-refractivity contribution is 5.57. The number of nitrogen functional groups attached to an aromatic ring is 1. The van der Waals surface area contributed by atoms with Crippen molar-refractivity contribution in [3.8, 4) is 11.5 Å². The molecule has 2 N–H and O–H groups in total. The van der Waals surface area contributed by atoms with Gasteiger partial charge in [0.25, 0.3) is 0 Å². The van der Waals surface area contributed by atoms with Gasteiger partial charge in [-0.2, -0.15) is 0 Å². The number of rotatable bonds is 7. The van der Waals surface area contributed by atoms with Crippen LogP contribution in [-0.2, 0) is 11.2 Å². The number of methoxy groups -OCH3 is 1. The maximum absolute atomic E-state index is 5.95. The quantitative estimate of drug-likeness (QED) is 0.779. The van der Waals surface area contributed by atoms with Crippen LogP contribution in [0.3, 0.4) is 0 Å². The van der Waals surface area contributed by atoms with E-state index in [9.17, 15) is 0 Å². The SMILES string of the molecule is CCOc1c(CCCN2CCOCC2)cc(N)cc1OC. The summed E-state index contributed by atoms with van der Waals surface area (Å²) >= 11 is 0. The van der Waals surface area contributed by atoms with Gasteiger partial charge in [-0.15, -0.1) is 0 Å². The van der Waals surface area contributed by atoms with E-state index < -0.39 is 0 Å². The molecule has 1 aliphatic heterocycles. The number of nitrogens with two attached hydrogens (primary N) is 1. The Morgan fingerprint density at radius 3 is 2.71 bits per heavy atom. The number of hydrogen-bond donors (Lipinski definition) is 1. The fourth-order valence-corrected chi connectivity index (χ4v) is 2.65. The van der Waals surface area contributed by atoms with E-state index in [-0.39, 0.29) is 0 Å². The minimum absolute atomic E-state index is 0.622. The van der Waals surface area contributed by atoms with Crippen LogP contribution in [0.15, 0.2) is 12.1 Å². The van der Waals surface area contributed by atoms with Crippen LogP contribution in [0.25, 0.3) is 0 Å². The molecule has 0 atom stereocenters. The van der Waals surface area contributed by atoms with Crippen LogP contribution in [0.5, 0.6) is 11.5 Å². The lowest BCUT2D eigenvalue weighted by molar-refractivity contribution is 0.0374.